The molecule has 4 rings (SSSR count). The zero-order valence-electron chi connectivity index (χ0n) is 16.1. The van der Waals surface area contributed by atoms with Crippen molar-refractivity contribution in [2.75, 3.05) is 20.3 Å². The summed E-state index contributed by atoms with van der Waals surface area (Å²) in [7, 11) is 1.72. The number of hydrogen-bond acceptors (Lipinski definition) is 3. The van der Waals surface area contributed by atoms with Gasteiger partial charge in [0.05, 0.1) is 24.4 Å². The predicted molar refractivity (Wildman–Crippen MR) is 115 cm³/mol. The highest BCUT2D eigenvalue weighted by atomic mass is 32.1. The van der Waals surface area contributed by atoms with E-state index in [0.717, 1.165) is 23.0 Å². The van der Waals surface area contributed by atoms with Crippen LogP contribution >= 0.6 is 12.2 Å². The van der Waals surface area contributed by atoms with E-state index in [1.54, 1.807) is 7.11 Å². The highest BCUT2D eigenvalue weighted by Gasteiger charge is 2.40. The standard InChI is InChI=1S/C22H24N4OS/c1-16-7-5-8-17(15-16)25-12-6-10-19(25)21-20(18-9-3-4-11-23-18)24-22(28)26(21)13-14-27-2/h3-12,15,20-21H,13-14H2,1-2H3,(H,24,28)/t20-,21-/m1/s1. The minimum Gasteiger partial charge on any atom is -0.383 e. The van der Waals surface area contributed by atoms with Gasteiger partial charge in [0, 0.05) is 37.4 Å². The number of pyridine rings is 1. The first-order valence-corrected chi connectivity index (χ1v) is 9.81. The zero-order valence-corrected chi connectivity index (χ0v) is 16.9. The number of thiocarbonyl (C=S) groups is 1. The third kappa shape index (κ3) is 3.53. The van der Waals surface area contributed by atoms with Gasteiger partial charge in [0.1, 0.15) is 0 Å². The molecular weight excluding hydrogens is 368 g/mol. The fraction of sp³-hybridized carbons (Fsp3) is 0.273. The van der Waals surface area contributed by atoms with Gasteiger partial charge in [-0.3, -0.25) is 4.98 Å². The summed E-state index contributed by atoms with van der Waals surface area (Å²) in [6, 6.07) is 18.8. The van der Waals surface area contributed by atoms with E-state index in [1.807, 2.05) is 24.4 Å². The Bertz CT molecular complexity index is 956. The summed E-state index contributed by atoms with van der Waals surface area (Å²) >= 11 is 5.68. The van der Waals surface area contributed by atoms with Crippen LogP contribution in [0.4, 0.5) is 0 Å². The predicted octanol–water partition coefficient (Wildman–Crippen LogP) is 3.80. The van der Waals surface area contributed by atoms with E-state index in [2.05, 4.69) is 69.3 Å². The molecule has 3 aromatic rings. The van der Waals surface area contributed by atoms with Crippen LogP contribution in [0.1, 0.15) is 29.0 Å². The second-order valence-corrected chi connectivity index (χ2v) is 7.34. The van der Waals surface area contributed by atoms with E-state index in [9.17, 15) is 0 Å². The zero-order chi connectivity index (χ0) is 19.5. The number of benzene rings is 1. The van der Waals surface area contributed by atoms with Crippen molar-refractivity contribution in [3.05, 3.63) is 83.9 Å². The number of nitrogens with one attached hydrogen (secondary N) is 1. The average Bonchev–Trinajstić information content (AvgIpc) is 3.31. The quantitative estimate of drug-likeness (QED) is 0.647. The molecule has 1 aliphatic heterocycles. The maximum Gasteiger partial charge on any atom is 0.170 e. The first kappa shape index (κ1) is 18.7. The lowest BCUT2D eigenvalue weighted by molar-refractivity contribution is 0.163. The van der Waals surface area contributed by atoms with Crippen LogP contribution in [0.5, 0.6) is 0 Å². The molecule has 0 bridgehead atoms. The molecule has 0 spiro atoms. The molecule has 144 valence electrons. The van der Waals surface area contributed by atoms with E-state index in [-0.39, 0.29) is 12.1 Å². The second kappa shape index (κ2) is 8.12. The van der Waals surface area contributed by atoms with Crippen molar-refractivity contribution >= 4 is 17.3 Å². The Balaban J connectivity index is 1.79. The fourth-order valence-electron chi connectivity index (χ4n) is 3.81. The minimum atomic E-state index is -0.0241. The molecule has 0 saturated carbocycles. The van der Waals surface area contributed by atoms with E-state index >= 15 is 0 Å². The molecule has 1 aromatic carbocycles. The smallest absolute Gasteiger partial charge is 0.170 e. The van der Waals surface area contributed by atoms with Crippen LogP contribution in [0.2, 0.25) is 0 Å². The average molecular weight is 393 g/mol. The molecule has 0 unspecified atom stereocenters. The molecule has 1 saturated heterocycles. The lowest BCUT2D eigenvalue weighted by Gasteiger charge is -2.28. The second-order valence-electron chi connectivity index (χ2n) is 6.95. The Morgan fingerprint density at radius 2 is 2.04 bits per heavy atom. The summed E-state index contributed by atoms with van der Waals surface area (Å²) < 4.78 is 7.58. The number of aromatic nitrogens is 2. The van der Waals surface area contributed by atoms with Crippen LogP contribution in [0.15, 0.2) is 67.0 Å². The highest BCUT2D eigenvalue weighted by molar-refractivity contribution is 7.80. The Hall–Kier alpha value is -2.70. The summed E-state index contributed by atoms with van der Waals surface area (Å²) in [4.78, 5) is 6.81. The summed E-state index contributed by atoms with van der Waals surface area (Å²) in [6.45, 7) is 3.44. The van der Waals surface area contributed by atoms with Gasteiger partial charge in [-0.2, -0.15) is 0 Å². The summed E-state index contributed by atoms with van der Waals surface area (Å²) in [5, 5.41) is 4.21. The number of ether oxygens (including phenoxy) is 1. The number of methoxy groups -OCH3 is 1. The maximum absolute atomic E-state index is 5.68. The number of nitrogens with zero attached hydrogens (tertiary/aromatic N) is 3. The Morgan fingerprint density at radius 1 is 1.14 bits per heavy atom. The molecule has 1 fully saturated rings. The first-order chi connectivity index (χ1) is 13.7. The van der Waals surface area contributed by atoms with Crippen LogP contribution in [0.25, 0.3) is 5.69 Å². The molecule has 2 aromatic heterocycles. The lowest BCUT2D eigenvalue weighted by Crippen LogP contribution is -2.33. The van der Waals surface area contributed by atoms with Gasteiger partial charge in [0.25, 0.3) is 0 Å². The summed E-state index contributed by atoms with van der Waals surface area (Å²) in [6.07, 6.45) is 3.93. The molecule has 6 heteroatoms. The van der Waals surface area contributed by atoms with Crippen molar-refractivity contribution < 1.29 is 4.74 Å². The Morgan fingerprint density at radius 3 is 2.79 bits per heavy atom. The largest absolute Gasteiger partial charge is 0.383 e. The van der Waals surface area contributed by atoms with E-state index in [4.69, 9.17) is 17.0 Å². The van der Waals surface area contributed by atoms with Crippen LogP contribution in [0.3, 0.4) is 0 Å². The number of aryl methyl sites for hydroxylation is 1. The van der Waals surface area contributed by atoms with Gasteiger partial charge in [-0.15, -0.1) is 0 Å². The minimum absolute atomic E-state index is 0.0214. The SMILES string of the molecule is COCCN1C(=S)N[C@H](c2ccccn2)[C@H]1c1cccn1-c1cccc(C)c1. The van der Waals surface area contributed by atoms with Gasteiger partial charge in [-0.05, 0) is 61.1 Å². The van der Waals surface area contributed by atoms with Gasteiger partial charge >= 0.3 is 0 Å². The summed E-state index contributed by atoms with van der Waals surface area (Å²) in [5.74, 6) is 0. The third-order valence-electron chi connectivity index (χ3n) is 5.10. The van der Waals surface area contributed by atoms with Gasteiger partial charge in [-0.25, -0.2) is 0 Å². The van der Waals surface area contributed by atoms with E-state index < -0.39 is 0 Å². The van der Waals surface area contributed by atoms with Crippen molar-refractivity contribution in [3.8, 4) is 5.69 Å². The number of rotatable bonds is 6. The third-order valence-corrected chi connectivity index (χ3v) is 5.45. The van der Waals surface area contributed by atoms with Gasteiger partial charge in [0.2, 0.25) is 0 Å². The Kier molecular flexibility index (Phi) is 5.41. The highest BCUT2D eigenvalue weighted by Crippen LogP contribution is 2.39. The van der Waals surface area contributed by atoms with Crippen molar-refractivity contribution in [2.45, 2.75) is 19.0 Å². The van der Waals surface area contributed by atoms with Crippen LogP contribution < -0.4 is 5.32 Å². The van der Waals surface area contributed by atoms with Crippen molar-refractivity contribution in [1.29, 1.82) is 0 Å². The summed E-state index contributed by atoms with van der Waals surface area (Å²) in [5.41, 5.74) is 4.52. The lowest BCUT2D eigenvalue weighted by atomic mass is 10.0. The van der Waals surface area contributed by atoms with Crippen LogP contribution in [-0.4, -0.2) is 39.8 Å². The molecule has 0 amide bonds. The molecule has 1 N–H and O–H groups in total. The van der Waals surface area contributed by atoms with E-state index in [1.165, 1.54) is 11.3 Å². The van der Waals surface area contributed by atoms with Crippen molar-refractivity contribution in [2.24, 2.45) is 0 Å². The van der Waals surface area contributed by atoms with E-state index in [0.29, 0.717) is 6.61 Å². The molecule has 0 radical (unpaired) electrons. The van der Waals surface area contributed by atoms with Crippen LogP contribution in [0, 0.1) is 6.92 Å². The normalized spacial score (nSPS) is 19.1. The molecule has 1 aliphatic rings. The van der Waals surface area contributed by atoms with Gasteiger partial charge in [-0.1, -0.05) is 18.2 Å². The van der Waals surface area contributed by atoms with Gasteiger partial charge < -0.3 is 19.5 Å². The van der Waals surface area contributed by atoms with Crippen LogP contribution in [-0.2, 0) is 4.74 Å². The van der Waals surface area contributed by atoms with Crippen molar-refractivity contribution in [1.82, 2.24) is 19.8 Å². The monoisotopic (exact) mass is 392 g/mol. The fourth-order valence-corrected chi connectivity index (χ4v) is 4.14. The molecule has 2 atom stereocenters. The topological polar surface area (TPSA) is 42.3 Å². The van der Waals surface area contributed by atoms with Crippen molar-refractivity contribution in [3.63, 3.8) is 0 Å². The molecule has 5 nitrogen and oxygen atoms in total. The molecule has 3 heterocycles. The van der Waals surface area contributed by atoms with Gasteiger partial charge in [0.15, 0.2) is 5.11 Å². The molecular formula is C22H24N4OS. The Labute approximate surface area is 171 Å². The number of hydrogen-bond donors (Lipinski definition) is 1. The molecule has 0 aliphatic carbocycles. The maximum atomic E-state index is 5.68. The molecule has 28 heavy (non-hydrogen) atoms. The first-order valence-electron chi connectivity index (χ1n) is 9.40.